The first kappa shape index (κ1) is 12.4. The van der Waals surface area contributed by atoms with Gasteiger partial charge in [0.1, 0.15) is 5.69 Å². The normalized spacial score (nSPS) is 11.9. The zero-order valence-corrected chi connectivity index (χ0v) is 9.53. The van der Waals surface area contributed by atoms with E-state index in [1.54, 1.807) is 25.4 Å². The van der Waals surface area contributed by atoms with Crippen LogP contribution < -0.4 is 10.6 Å². The number of aromatic nitrogens is 1. The van der Waals surface area contributed by atoms with Gasteiger partial charge < -0.3 is 15.7 Å². The summed E-state index contributed by atoms with van der Waals surface area (Å²) >= 11 is 0. The highest BCUT2D eigenvalue weighted by Crippen LogP contribution is 2.10. The summed E-state index contributed by atoms with van der Waals surface area (Å²) < 4.78 is 0. The minimum absolute atomic E-state index is 0.140. The number of amides is 1. The van der Waals surface area contributed by atoms with Gasteiger partial charge in [-0.25, -0.2) is 0 Å². The quantitative estimate of drug-likeness (QED) is 0.684. The average molecular weight is 223 g/mol. The van der Waals surface area contributed by atoms with Crippen LogP contribution in [0.3, 0.4) is 0 Å². The van der Waals surface area contributed by atoms with Gasteiger partial charge in [-0.1, -0.05) is 0 Å². The zero-order valence-electron chi connectivity index (χ0n) is 9.53. The van der Waals surface area contributed by atoms with Gasteiger partial charge in [-0.15, -0.1) is 0 Å². The van der Waals surface area contributed by atoms with Gasteiger partial charge >= 0.3 is 0 Å². The Morgan fingerprint density at radius 3 is 3.00 bits per heavy atom. The Morgan fingerprint density at radius 2 is 2.38 bits per heavy atom. The molecule has 3 N–H and O–H groups in total. The van der Waals surface area contributed by atoms with Crippen molar-refractivity contribution in [2.24, 2.45) is 0 Å². The van der Waals surface area contributed by atoms with E-state index in [9.17, 15) is 4.79 Å². The lowest BCUT2D eigenvalue weighted by atomic mass is 10.2. The van der Waals surface area contributed by atoms with Crippen molar-refractivity contribution in [1.29, 1.82) is 0 Å². The Morgan fingerprint density at radius 1 is 1.62 bits per heavy atom. The fourth-order valence-corrected chi connectivity index (χ4v) is 1.32. The van der Waals surface area contributed by atoms with Gasteiger partial charge in [0.25, 0.3) is 5.91 Å². The molecule has 16 heavy (non-hydrogen) atoms. The maximum atomic E-state index is 11.3. The van der Waals surface area contributed by atoms with E-state index in [-0.39, 0.29) is 18.6 Å². The minimum atomic E-state index is -0.210. The lowest BCUT2D eigenvalue weighted by Crippen LogP contribution is -2.20. The second-order valence-electron chi connectivity index (χ2n) is 3.57. The highest BCUT2D eigenvalue weighted by molar-refractivity contribution is 5.92. The SMILES string of the molecule is CNC(=O)c1cc(NC(C)CCO)ccn1. The highest BCUT2D eigenvalue weighted by Gasteiger charge is 2.06. The first-order chi connectivity index (χ1) is 7.67. The maximum Gasteiger partial charge on any atom is 0.269 e. The van der Waals surface area contributed by atoms with Gasteiger partial charge in [0.05, 0.1) is 0 Å². The van der Waals surface area contributed by atoms with Crippen LogP contribution in [0, 0.1) is 0 Å². The van der Waals surface area contributed by atoms with Gasteiger partial charge in [0.15, 0.2) is 0 Å². The molecular formula is C11H17N3O2. The molecule has 88 valence electrons. The van der Waals surface area contributed by atoms with E-state index in [4.69, 9.17) is 5.11 Å². The predicted molar refractivity (Wildman–Crippen MR) is 62.4 cm³/mol. The molecule has 0 bridgehead atoms. The molecule has 5 heteroatoms. The summed E-state index contributed by atoms with van der Waals surface area (Å²) in [7, 11) is 1.57. The Bertz CT molecular complexity index is 355. The number of nitrogens with zero attached hydrogens (tertiary/aromatic N) is 1. The van der Waals surface area contributed by atoms with Gasteiger partial charge in [-0.05, 0) is 25.5 Å². The number of anilines is 1. The van der Waals surface area contributed by atoms with Gasteiger partial charge in [0, 0.05) is 31.6 Å². The molecular weight excluding hydrogens is 206 g/mol. The van der Waals surface area contributed by atoms with E-state index in [0.717, 1.165) is 5.69 Å². The second-order valence-corrected chi connectivity index (χ2v) is 3.57. The molecule has 1 aromatic rings. The number of hydrogen-bond acceptors (Lipinski definition) is 4. The Balaban J connectivity index is 2.70. The summed E-state index contributed by atoms with van der Waals surface area (Å²) in [4.78, 5) is 15.3. The van der Waals surface area contributed by atoms with E-state index in [1.807, 2.05) is 6.92 Å². The molecule has 1 heterocycles. The molecule has 1 unspecified atom stereocenters. The number of carbonyl (C=O) groups is 1. The van der Waals surface area contributed by atoms with Crippen LogP contribution in [0.25, 0.3) is 0 Å². The first-order valence-electron chi connectivity index (χ1n) is 5.23. The summed E-state index contributed by atoms with van der Waals surface area (Å²) in [6, 6.07) is 3.64. The molecule has 1 atom stereocenters. The first-order valence-corrected chi connectivity index (χ1v) is 5.23. The fourth-order valence-electron chi connectivity index (χ4n) is 1.32. The number of aliphatic hydroxyl groups excluding tert-OH is 1. The van der Waals surface area contributed by atoms with Crippen LogP contribution in [0.2, 0.25) is 0 Å². The fraction of sp³-hybridized carbons (Fsp3) is 0.455. The van der Waals surface area contributed by atoms with Gasteiger partial charge in [-0.3, -0.25) is 9.78 Å². The lowest BCUT2D eigenvalue weighted by Gasteiger charge is -2.14. The molecule has 1 rings (SSSR count). The number of rotatable bonds is 5. The summed E-state index contributed by atoms with van der Waals surface area (Å²) in [5.41, 5.74) is 1.21. The number of carbonyl (C=O) groups excluding carboxylic acids is 1. The third-order valence-corrected chi connectivity index (χ3v) is 2.19. The van der Waals surface area contributed by atoms with E-state index in [1.165, 1.54) is 0 Å². The Labute approximate surface area is 94.9 Å². The zero-order chi connectivity index (χ0) is 12.0. The molecule has 0 aromatic carbocycles. The molecule has 0 saturated carbocycles. The van der Waals surface area contributed by atoms with Crippen LogP contribution in [0.4, 0.5) is 5.69 Å². The van der Waals surface area contributed by atoms with Crippen molar-refractivity contribution >= 4 is 11.6 Å². The summed E-state index contributed by atoms with van der Waals surface area (Å²) in [6.07, 6.45) is 2.25. The molecule has 0 aliphatic rings. The molecule has 0 fully saturated rings. The van der Waals surface area contributed by atoms with Gasteiger partial charge in [-0.2, -0.15) is 0 Å². The van der Waals surface area contributed by atoms with Crippen molar-refractivity contribution < 1.29 is 9.90 Å². The van der Waals surface area contributed by atoms with Crippen LogP contribution >= 0.6 is 0 Å². The molecule has 1 amide bonds. The van der Waals surface area contributed by atoms with Crippen LogP contribution in [-0.4, -0.2) is 35.7 Å². The second kappa shape index (κ2) is 6.07. The van der Waals surface area contributed by atoms with Crippen molar-refractivity contribution in [1.82, 2.24) is 10.3 Å². The van der Waals surface area contributed by atoms with Crippen molar-refractivity contribution in [3.05, 3.63) is 24.0 Å². The average Bonchev–Trinajstić information content (AvgIpc) is 2.28. The molecule has 0 spiro atoms. The Hall–Kier alpha value is -1.62. The lowest BCUT2D eigenvalue weighted by molar-refractivity contribution is 0.0958. The summed E-state index contributed by atoms with van der Waals surface area (Å²) in [5, 5.41) is 14.5. The summed E-state index contributed by atoms with van der Waals surface area (Å²) in [5.74, 6) is -0.210. The molecule has 0 saturated heterocycles. The van der Waals surface area contributed by atoms with Crippen molar-refractivity contribution in [3.63, 3.8) is 0 Å². The standard InChI is InChI=1S/C11H17N3O2/c1-8(4-6-15)14-9-3-5-13-10(7-9)11(16)12-2/h3,5,7-8,15H,4,6H2,1-2H3,(H,12,16)(H,13,14). The van der Waals surface area contributed by atoms with Crippen LogP contribution in [0.15, 0.2) is 18.3 Å². The van der Waals surface area contributed by atoms with Crippen molar-refractivity contribution in [2.75, 3.05) is 19.0 Å². The van der Waals surface area contributed by atoms with E-state index in [0.29, 0.717) is 12.1 Å². The van der Waals surface area contributed by atoms with E-state index in [2.05, 4.69) is 15.6 Å². The minimum Gasteiger partial charge on any atom is -0.396 e. The van der Waals surface area contributed by atoms with Crippen LogP contribution in [0.5, 0.6) is 0 Å². The van der Waals surface area contributed by atoms with Crippen LogP contribution in [-0.2, 0) is 0 Å². The number of hydrogen-bond donors (Lipinski definition) is 3. The largest absolute Gasteiger partial charge is 0.396 e. The van der Waals surface area contributed by atoms with Gasteiger partial charge in [0.2, 0.25) is 0 Å². The molecule has 1 aromatic heterocycles. The van der Waals surface area contributed by atoms with Crippen LogP contribution in [0.1, 0.15) is 23.8 Å². The molecule has 0 radical (unpaired) electrons. The molecule has 0 aliphatic heterocycles. The number of pyridine rings is 1. The third-order valence-electron chi connectivity index (χ3n) is 2.19. The Kier molecular flexibility index (Phi) is 4.72. The van der Waals surface area contributed by atoms with E-state index >= 15 is 0 Å². The predicted octanol–water partition coefficient (Wildman–Crippen LogP) is 0.624. The maximum absolute atomic E-state index is 11.3. The molecule has 5 nitrogen and oxygen atoms in total. The monoisotopic (exact) mass is 223 g/mol. The molecule has 0 aliphatic carbocycles. The summed E-state index contributed by atoms with van der Waals surface area (Å²) in [6.45, 7) is 2.11. The smallest absolute Gasteiger partial charge is 0.269 e. The third kappa shape index (κ3) is 3.51. The number of nitrogens with one attached hydrogen (secondary N) is 2. The topological polar surface area (TPSA) is 74.2 Å². The number of aliphatic hydroxyl groups is 1. The van der Waals surface area contributed by atoms with E-state index < -0.39 is 0 Å². The van der Waals surface area contributed by atoms with Crippen molar-refractivity contribution in [2.45, 2.75) is 19.4 Å². The van der Waals surface area contributed by atoms with Crippen molar-refractivity contribution in [3.8, 4) is 0 Å². The highest BCUT2D eigenvalue weighted by atomic mass is 16.3.